The molecule has 1 spiro atoms. The number of para-hydroxylation sites is 1. The molecule has 0 radical (unpaired) electrons. The molecule has 1 amide bonds. The Bertz CT molecular complexity index is 1090. The van der Waals surface area contributed by atoms with Gasteiger partial charge in [-0.15, -0.1) is 0 Å². The Morgan fingerprint density at radius 3 is 2.46 bits per heavy atom. The number of carbonyl (C=O) groups excluding carboxylic acids is 1. The van der Waals surface area contributed by atoms with Gasteiger partial charge in [-0.2, -0.15) is 5.10 Å². The van der Waals surface area contributed by atoms with Gasteiger partial charge < -0.3 is 23.8 Å². The lowest BCUT2D eigenvalue weighted by Gasteiger charge is -2.51. The number of rotatable bonds is 6. The summed E-state index contributed by atoms with van der Waals surface area (Å²) in [6, 6.07) is 14.2. The van der Waals surface area contributed by atoms with Crippen molar-refractivity contribution >= 4 is 11.8 Å². The molecule has 3 heterocycles. The summed E-state index contributed by atoms with van der Waals surface area (Å²) in [6.07, 6.45) is 1.75. The average Bonchev–Trinajstić information content (AvgIpc) is 3.33. The van der Waals surface area contributed by atoms with Gasteiger partial charge in [-0.1, -0.05) is 12.1 Å². The Hall–Kier alpha value is -3.42. The average molecular weight is 480 g/mol. The first-order chi connectivity index (χ1) is 17.1. The Morgan fingerprint density at radius 2 is 1.77 bits per heavy atom. The Kier molecular flexibility index (Phi) is 6.45. The molecule has 1 fully saturated rings. The van der Waals surface area contributed by atoms with Crippen molar-refractivity contribution in [3.8, 4) is 17.2 Å². The number of piperidine rings is 1. The second-order valence-electron chi connectivity index (χ2n) is 8.91. The van der Waals surface area contributed by atoms with Crippen LogP contribution in [0.15, 0.2) is 47.6 Å². The molecule has 0 aromatic heterocycles. The number of hydrazone groups is 1. The minimum absolute atomic E-state index is 0.0369. The molecule has 0 N–H and O–H groups in total. The molecule has 1 atom stereocenters. The van der Waals surface area contributed by atoms with Crippen LogP contribution in [-0.4, -0.2) is 60.3 Å². The third-order valence-electron chi connectivity index (χ3n) is 6.86. The molecule has 0 saturated carbocycles. The number of nitrogens with zero attached hydrogens (tertiary/aromatic N) is 3. The standard InChI is InChI=1S/C27H33N3O5/c1-4-32-20-12-10-19(11-13-20)22-18-23-21-8-7-9-24(33-5-2)25(21)35-27(30(23)28-22)14-16-29(17-15-27)26(31)34-6-3/h7-13,23H,4-6,14-18H2,1-3H3. The van der Waals surface area contributed by atoms with E-state index in [4.69, 9.17) is 24.0 Å². The second kappa shape index (κ2) is 9.68. The van der Waals surface area contributed by atoms with E-state index >= 15 is 0 Å². The molecule has 8 heteroatoms. The van der Waals surface area contributed by atoms with Gasteiger partial charge in [0, 0.05) is 37.9 Å². The summed E-state index contributed by atoms with van der Waals surface area (Å²) in [6.45, 7) is 8.43. The van der Waals surface area contributed by atoms with Crippen LogP contribution in [0, 0.1) is 0 Å². The molecule has 2 aromatic carbocycles. The van der Waals surface area contributed by atoms with E-state index in [1.807, 2.05) is 45.0 Å². The quantitative estimate of drug-likeness (QED) is 0.582. The van der Waals surface area contributed by atoms with E-state index in [-0.39, 0.29) is 12.1 Å². The second-order valence-corrected chi connectivity index (χ2v) is 8.91. The summed E-state index contributed by atoms with van der Waals surface area (Å²) < 4.78 is 23.6. The van der Waals surface area contributed by atoms with E-state index < -0.39 is 5.72 Å². The summed E-state index contributed by atoms with van der Waals surface area (Å²) in [4.78, 5) is 14.1. The summed E-state index contributed by atoms with van der Waals surface area (Å²) >= 11 is 0. The number of amides is 1. The zero-order chi connectivity index (χ0) is 24.4. The van der Waals surface area contributed by atoms with Crippen molar-refractivity contribution < 1.29 is 23.7 Å². The number of hydrogen-bond acceptors (Lipinski definition) is 7. The number of benzene rings is 2. The van der Waals surface area contributed by atoms with E-state index in [1.54, 1.807) is 4.90 Å². The van der Waals surface area contributed by atoms with Crippen LogP contribution in [0.4, 0.5) is 4.79 Å². The van der Waals surface area contributed by atoms with E-state index in [9.17, 15) is 4.79 Å². The Labute approximate surface area is 206 Å². The Morgan fingerprint density at radius 1 is 1.03 bits per heavy atom. The van der Waals surface area contributed by atoms with Gasteiger partial charge in [-0.05, 0) is 56.7 Å². The van der Waals surface area contributed by atoms with Crippen molar-refractivity contribution in [1.29, 1.82) is 0 Å². The Balaban J connectivity index is 1.49. The minimum Gasteiger partial charge on any atom is -0.494 e. The van der Waals surface area contributed by atoms with Gasteiger partial charge in [0.05, 0.1) is 31.6 Å². The fraction of sp³-hybridized carbons (Fsp3) is 0.481. The molecular weight excluding hydrogens is 446 g/mol. The smallest absolute Gasteiger partial charge is 0.409 e. The van der Waals surface area contributed by atoms with Gasteiger partial charge in [0.2, 0.25) is 5.72 Å². The van der Waals surface area contributed by atoms with Crippen LogP contribution in [0.2, 0.25) is 0 Å². The lowest BCUT2D eigenvalue weighted by molar-refractivity contribution is -0.148. The van der Waals surface area contributed by atoms with Crippen molar-refractivity contribution in [2.24, 2.45) is 5.10 Å². The predicted molar refractivity (Wildman–Crippen MR) is 132 cm³/mol. The molecule has 1 unspecified atom stereocenters. The fourth-order valence-electron chi connectivity index (χ4n) is 5.21. The molecule has 8 nitrogen and oxygen atoms in total. The molecule has 186 valence electrons. The fourth-order valence-corrected chi connectivity index (χ4v) is 5.21. The molecule has 0 bridgehead atoms. The minimum atomic E-state index is -0.652. The lowest BCUT2D eigenvalue weighted by Crippen LogP contribution is -2.59. The maximum Gasteiger partial charge on any atom is 0.409 e. The first kappa shape index (κ1) is 23.3. The highest BCUT2D eigenvalue weighted by atomic mass is 16.6. The topological polar surface area (TPSA) is 72.8 Å². The zero-order valence-corrected chi connectivity index (χ0v) is 20.7. The lowest BCUT2D eigenvalue weighted by atomic mass is 9.90. The SMILES string of the molecule is CCOC(=O)N1CCC2(CC1)Oc1c(OCC)cccc1C1CC(c3ccc(OCC)cc3)=NN12. The van der Waals surface area contributed by atoms with E-state index in [2.05, 4.69) is 23.2 Å². The van der Waals surface area contributed by atoms with Crippen molar-refractivity contribution in [2.75, 3.05) is 32.9 Å². The summed E-state index contributed by atoms with van der Waals surface area (Å²) in [5, 5.41) is 7.26. The zero-order valence-electron chi connectivity index (χ0n) is 20.7. The highest BCUT2D eigenvalue weighted by Crippen LogP contribution is 2.52. The summed E-state index contributed by atoms with van der Waals surface area (Å²) in [7, 11) is 0. The highest BCUT2D eigenvalue weighted by molar-refractivity contribution is 6.02. The van der Waals surface area contributed by atoms with Gasteiger partial charge in [0.25, 0.3) is 0 Å². The van der Waals surface area contributed by atoms with Crippen molar-refractivity contribution in [2.45, 2.75) is 51.8 Å². The molecule has 3 aliphatic rings. The third kappa shape index (κ3) is 4.26. The number of hydrogen-bond donors (Lipinski definition) is 0. The number of likely N-dealkylation sites (tertiary alicyclic amines) is 1. The molecule has 5 rings (SSSR count). The molecular formula is C27H33N3O5. The van der Waals surface area contributed by atoms with Crippen molar-refractivity contribution in [3.05, 3.63) is 53.6 Å². The predicted octanol–water partition coefficient (Wildman–Crippen LogP) is 4.98. The molecule has 35 heavy (non-hydrogen) atoms. The largest absolute Gasteiger partial charge is 0.494 e. The monoisotopic (exact) mass is 479 g/mol. The molecule has 1 saturated heterocycles. The van der Waals surface area contributed by atoms with Gasteiger partial charge in [0.1, 0.15) is 5.75 Å². The van der Waals surface area contributed by atoms with Crippen molar-refractivity contribution in [1.82, 2.24) is 9.91 Å². The number of carbonyl (C=O) groups is 1. The van der Waals surface area contributed by atoms with E-state index in [0.29, 0.717) is 45.8 Å². The number of fused-ring (bicyclic) bond motifs is 4. The summed E-state index contributed by atoms with van der Waals surface area (Å²) in [5.74, 6) is 2.40. The highest BCUT2D eigenvalue weighted by Gasteiger charge is 2.53. The first-order valence-corrected chi connectivity index (χ1v) is 12.5. The van der Waals surface area contributed by atoms with E-state index in [0.717, 1.165) is 40.5 Å². The van der Waals surface area contributed by atoms with Crippen LogP contribution in [0.1, 0.15) is 57.2 Å². The molecule has 0 aliphatic carbocycles. The normalized spacial score (nSPS) is 20.0. The van der Waals surface area contributed by atoms with Crippen LogP contribution in [0.25, 0.3) is 0 Å². The van der Waals surface area contributed by atoms with Crippen LogP contribution in [0.5, 0.6) is 17.2 Å². The van der Waals surface area contributed by atoms with Crippen molar-refractivity contribution in [3.63, 3.8) is 0 Å². The first-order valence-electron chi connectivity index (χ1n) is 12.5. The van der Waals surface area contributed by atoms with Crippen LogP contribution in [-0.2, 0) is 4.74 Å². The van der Waals surface area contributed by atoms with E-state index in [1.165, 1.54) is 0 Å². The summed E-state index contributed by atoms with van der Waals surface area (Å²) in [5.41, 5.74) is 2.52. The van der Waals surface area contributed by atoms with Gasteiger partial charge >= 0.3 is 6.09 Å². The van der Waals surface area contributed by atoms with Crippen LogP contribution in [0.3, 0.4) is 0 Å². The van der Waals surface area contributed by atoms with Gasteiger partial charge in [-0.3, -0.25) is 0 Å². The molecule has 3 aliphatic heterocycles. The molecule has 2 aromatic rings. The van der Waals surface area contributed by atoms with Gasteiger partial charge in [-0.25, -0.2) is 9.80 Å². The van der Waals surface area contributed by atoms with Gasteiger partial charge in [0.15, 0.2) is 11.5 Å². The maximum absolute atomic E-state index is 12.3. The number of ether oxygens (including phenoxy) is 4. The third-order valence-corrected chi connectivity index (χ3v) is 6.86. The van der Waals surface area contributed by atoms with Crippen LogP contribution < -0.4 is 14.2 Å². The van der Waals surface area contributed by atoms with Crippen LogP contribution >= 0.6 is 0 Å². The maximum atomic E-state index is 12.3.